The zero-order chi connectivity index (χ0) is 95.1. The maximum absolute atomic E-state index is 13.5. The molecule has 4 aromatic heterocycles. The molecule has 0 unspecified atom stereocenters. The summed E-state index contributed by atoms with van der Waals surface area (Å²) in [4.78, 5) is 102. The van der Waals surface area contributed by atoms with Gasteiger partial charge in [0, 0.05) is 209 Å². The second kappa shape index (κ2) is 53.2. The largest absolute Gasteiger partial charge is 0.495 e. The Morgan fingerprint density at radius 3 is 1.19 bits per heavy atom. The SMILES string of the molecule is C.C.COc1cc(N2CCN(C)CC2)ccc1N.COc1cc(N2CCN(C)CC2)ccc1Nc1cc(N(C(=O)Nc2ccccc2)c2cccc([N+](=O)[O-])c2)ncn1.COc1cc(N2CCN(C)CC2)ccc1Nc1cc(Nc2cccc([N+](=O)[O-])c2)ncn1.Clc1cc(Cl)ncn1.N#COc1ccccc1.Nc1cccc([N+](=O)[O-])c1.O=[N+]([O-])c1cccc(Nc2cc(Cl)ncn2)c1. The van der Waals surface area contributed by atoms with Gasteiger partial charge >= 0.3 is 6.03 Å². The summed E-state index contributed by atoms with van der Waals surface area (Å²) in [5, 5.41) is 67.5. The van der Waals surface area contributed by atoms with Crippen LogP contribution in [0, 0.1) is 52.0 Å². The summed E-state index contributed by atoms with van der Waals surface area (Å²) in [6, 6.07) is 65.7. The Hall–Kier alpha value is -16.2. The number of para-hydroxylation sites is 2. The second-order valence-electron chi connectivity index (χ2n) is 28.9. The second-order valence-corrected chi connectivity index (χ2v) is 30.0. The molecular weight excluding hydrogens is 1800 g/mol. The van der Waals surface area contributed by atoms with Gasteiger partial charge < -0.3 is 86.4 Å². The van der Waals surface area contributed by atoms with Crippen molar-refractivity contribution < 1.29 is 43.4 Å². The number of nitro benzene ring substituents is 4. The van der Waals surface area contributed by atoms with Crippen molar-refractivity contribution in [3.63, 3.8) is 0 Å². The number of urea groups is 1. The molecule has 0 aliphatic carbocycles. The van der Waals surface area contributed by atoms with Crippen molar-refractivity contribution >= 4 is 155 Å². The number of non-ortho nitro benzene ring substituents is 4. The predicted octanol–water partition coefficient (Wildman–Crippen LogP) is 18.5. The number of carbonyl (C=O) groups excluding carboxylic acids is 1. The third kappa shape index (κ3) is 33.3. The summed E-state index contributed by atoms with van der Waals surface area (Å²) in [6.07, 6.45) is 6.95. The van der Waals surface area contributed by atoms with Gasteiger partial charge in [0.1, 0.15) is 92.9 Å². The van der Waals surface area contributed by atoms with E-state index in [-0.39, 0.29) is 49.1 Å². The number of ether oxygens (including phenoxy) is 4. The number of nitrogens with one attached hydrogen (secondary N) is 5. The number of benzene rings is 9. The number of halogens is 3. The first kappa shape index (κ1) is 104. The number of nitrogen functional groups attached to an aromatic ring is 2. The summed E-state index contributed by atoms with van der Waals surface area (Å²) in [5.41, 5.74) is 18.9. The van der Waals surface area contributed by atoms with Gasteiger partial charge in [0.2, 0.25) is 0 Å². The zero-order valence-corrected chi connectivity index (χ0v) is 75.1. The Balaban J connectivity index is 0.000000210. The molecule has 704 valence electrons. The number of likely N-dealkylation sites (N-methyl/N-ethyl adjacent to an activating group) is 3. The highest BCUT2D eigenvalue weighted by atomic mass is 35.5. The van der Waals surface area contributed by atoms with E-state index in [0.717, 1.165) is 101 Å². The molecule has 43 heteroatoms. The molecule has 3 aliphatic heterocycles. The molecule has 40 nitrogen and oxygen atoms in total. The summed E-state index contributed by atoms with van der Waals surface area (Å²) in [7, 11) is 11.3. The van der Waals surface area contributed by atoms with E-state index in [1.807, 2.05) is 66.7 Å². The highest BCUT2D eigenvalue weighted by Gasteiger charge is 2.25. The van der Waals surface area contributed by atoms with Gasteiger partial charge in [0.05, 0.1) is 63.8 Å². The molecule has 135 heavy (non-hydrogen) atoms. The van der Waals surface area contributed by atoms with Crippen LogP contribution in [-0.4, -0.2) is 201 Å². The minimum absolute atomic E-state index is 0. The van der Waals surface area contributed by atoms with Gasteiger partial charge in [-0.2, -0.15) is 0 Å². The zero-order valence-electron chi connectivity index (χ0n) is 72.9. The minimum Gasteiger partial charge on any atom is -0.495 e. The van der Waals surface area contributed by atoms with E-state index in [4.69, 9.17) is 65.7 Å². The van der Waals surface area contributed by atoms with Gasteiger partial charge in [0.25, 0.3) is 29.0 Å². The third-order valence-corrected chi connectivity index (χ3v) is 20.3. The number of nitriles is 1. The van der Waals surface area contributed by atoms with Crippen molar-refractivity contribution in [2.75, 3.05) is 179 Å². The number of anilines is 16. The van der Waals surface area contributed by atoms with Crippen molar-refractivity contribution in [1.82, 2.24) is 54.6 Å². The monoisotopic (exact) mass is 1900 g/mol. The molecule has 16 rings (SSSR count). The molecule has 9 N–H and O–H groups in total. The number of rotatable bonds is 22. The number of methoxy groups -OCH3 is 3. The van der Waals surface area contributed by atoms with Crippen LogP contribution in [0.3, 0.4) is 0 Å². The lowest BCUT2D eigenvalue weighted by Crippen LogP contribution is -2.44. The molecule has 9 aromatic carbocycles. The van der Waals surface area contributed by atoms with E-state index >= 15 is 0 Å². The average Bonchev–Trinajstić information content (AvgIpc) is 0.800. The Bertz CT molecular complexity index is 6050. The van der Waals surface area contributed by atoms with E-state index in [2.05, 4.69) is 134 Å². The number of nitrogens with zero attached hydrogens (tertiary/aromatic N) is 20. The molecular formula is C92H102Cl3N27O13. The Kier molecular flexibility index (Phi) is 41.1. The lowest BCUT2D eigenvalue weighted by molar-refractivity contribution is -0.385. The summed E-state index contributed by atoms with van der Waals surface area (Å²) >= 11 is 16.5. The smallest absolute Gasteiger partial charge is 0.332 e. The van der Waals surface area contributed by atoms with Crippen LogP contribution >= 0.6 is 34.8 Å². The van der Waals surface area contributed by atoms with Crippen LogP contribution in [0.2, 0.25) is 15.5 Å². The van der Waals surface area contributed by atoms with E-state index in [9.17, 15) is 45.3 Å². The normalized spacial score (nSPS) is 12.5. The summed E-state index contributed by atoms with van der Waals surface area (Å²) in [5.74, 6) is 4.87. The average molecular weight is 1900 g/mol. The van der Waals surface area contributed by atoms with Crippen molar-refractivity contribution in [3.05, 3.63) is 318 Å². The van der Waals surface area contributed by atoms with Crippen LogP contribution in [0.4, 0.5) is 119 Å². The first-order valence-electron chi connectivity index (χ1n) is 40.6. The van der Waals surface area contributed by atoms with Crippen LogP contribution in [-0.2, 0) is 0 Å². The van der Waals surface area contributed by atoms with E-state index < -0.39 is 25.7 Å². The number of nitrogens with two attached hydrogens (primary N) is 2. The number of nitro groups is 4. The van der Waals surface area contributed by atoms with E-state index in [1.165, 1.54) is 103 Å². The molecule has 0 bridgehead atoms. The standard InChI is InChI=1S/C29H30N8O4.C22H25N7O3.C12H19N3O.C10H7ClN4O2.C7H5NO.C6H6N2O2.C4H2Cl2N2.2CH4/c1-34-13-15-35(16-14-34)22-11-12-25(26(18-22)41-2)33-27-19-28(31-20-30-27)36(23-9-6-10-24(17-23)37(39)40)29(38)32-21-7-4-3-5-8-21;1-27-8-10-28(11-9-27)17-6-7-19(20(13-17)32-2)26-22-14-21(23-15-24-22)25-16-4-3-5-18(12-16)29(30)31;1-14-5-7-15(8-6-14)10-3-4-11(13)12(9-10)16-2;11-9-5-10(13-6-12-9)14-7-2-1-3-8(4-7)15(16)17;8-6-9-7-4-2-1-3-5-7;7-5-2-1-3-6(4-5)8(9)10;5-3-1-4(6)8-2-7-3;;/h3-12,17-20H,13-16H2,1-2H3,(H,32,38)(H,30,31,33);3-7,12-15H,8-11H2,1-2H3,(H2,23,24,25,26);3-4,9H,5-8,13H2,1-2H3;1-6H,(H,12,13,14);1-5H;1-4H,7H2;1-2H;2*1H4. The Morgan fingerprint density at radius 2 is 0.770 bits per heavy atom. The molecule has 3 fully saturated rings. The van der Waals surface area contributed by atoms with Crippen LogP contribution in [0.1, 0.15) is 14.9 Å². The molecule has 13 aromatic rings. The number of carbonyl (C=O) groups is 1. The molecule has 0 radical (unpaired) electrons. The van der Waals surface area contributed by atoms with Gasteiger partial charge in [0.15, 0.2) is 0 Å². The molecule has 2 amide bonds. The molecule has 0 spiro atoms. The predicted molar refractivity (Wildman–Crippen MR) is 529 cm³/mol. The summed E-state index contributed by atoms with van der Waals surface area (Å²) in [6.45, 7) is 12.2. The first-order chi connectivity index (χ1) is 64.2. The maximum Gasteiger partial charge on any atom is 0.332 e. The van der Waals surface area contributed by atoms with Crippen molar-refractivity contribution in [2.24, 2.45) is 0 Å². The van der Waals surface area contributed by atoms with Gasteiger partial charge in [-0.25, -0.2) is 49.6 Å². The fourth-order valence-electron chi connectivity index (χ4n) is 12.7. The molecule has 0 atom stereocenters. The fraction of sp³-hybridized carbons (Fsp3) is 0.217. The summed E-state index contributed by atoms with van der Waals surface area (Å²) < 4.78 is 21.0. The Labute approximate surface area is 794 Å². The first-order valence-corrected chi connectivity index (χ1v) is 41.8. The number of piperazine rings is 3. The van der Waals surface area contributed by atoms with Crippen LogP contribution in [0.25, 0.3) is 0 Å². The lowest BCUT2D eigenvalue weighted by atomic mass is 10.2. The lowest BCUT2D eigenvalue weighted by Gasteiger charge is -2.34. The van der Waals surface area contributed by atoms with Crippen LogP contribution in [0.15, 0.2) is 262 Å². The molecule has 3 aliphatic rings. The Morgan fingerprint density at radius 1 is 0.400 bits per heavy atom. The number of hydrogen-bond donors (Lipinski definition) is 7. The topological polar surface area (TPSA) is 488 Å². The number of aromatic nitrogens is 8. The quantitative estimate of drug-likeness (QED) is 0.0109. The van der Waals surface area contributed by atoms with Crippen LogP contribution in [0.5, 0.6) is 23.0 Å². The van der Waals surface area contributed by atoms with Crippen molar-refractivity contribution in [2.45, 2.75) is 14.9 Å². The third-order valence-electron chi connectivity index (χ3n) is 19.7. The maximum atomic E-state index is 13.5. The van der Waals surface area contributed by atoms with Crippen molar-refractivity contribution in [1.29, 1.82) is 5.26 Å². The molecule has 3 saturated heterocycles. The minimum atomic E-state index is -0.546. The number of amides is 2. The van der Waals surface area contributed by atoms with E-state index in [1.54, 1.807) is 119 Å². The number of hydrogen-bond acceptors (Lipinski definition) is 34. The van der Waals surface area contributed by atoms with Crippen LogP contribution < -0.4 is 76.6 Å². The van der Waals surface area contributed by atoms with Gasteiger partial charge in [-0.1, -0.05) is 110 Å². The highest BCUT2D eigenvalue weighted by Crippen LogP contribution is 2.37. The fourth-order valence-corrected chi connectivity index (χ4v) is 13.2. The van der Waals surface area contributed by atoms with Gasteiger partial charge in [-0.3, -0.25) is 40.5 Å². The molecule has 7 heterocycles. The highest BCUT2D eigenvalue weighted by molar-refractivity contribution is 6.33. The van der Waals surface area contributed by atoms with Crippen molar-refractivity contribution in [3.8, 4) is 29.3 Å². The van der Waals surface area contributed by atoms with Gasteiger partial charge in [-0.05, 0) is 106 Å². The van der Waals surface area contributed by atoms with Gasteiger partial charge in [-0.15, -0.1) is 5.26 Å². The van der Waals surface area contributed by atoms with E-state index in [0.29, 0.717) is 90.1 Å². The molecule has 0 saturated carbocycles.